The summed E-state index contributed by atoms with van der Waals surface area (Å²) in [6.45, 7) is 0.507. The van der Waals surface area contributed by atoms with Crippen LogP contribution in [0.25, 0.3) is 0 Å². The number of benzene rings is 1. The van der Waals surface area contributed by atoms with Gasteiger partial charge in [0.15, 0.2) is 0 Å². The Morgan fingerprint density at radius 2 is 2.17 bits per heavy atom. The summed E-state index contributed by atoms with van der Waals surface area (Å²) >= 11 is 11.0. The molecule has 1 amide bonds. The lowest BCUT2D eigenvalue weighted by molar-refractivity contribution is -0.128. The highest BCUT2D eigenvalue weighted by Crippen LogP contribution is 2.24. The number of hydrogen-bond donors (Lipinski definition) is 2. The summed E-state index contributed by atoms with van der Waals surface area (Å²) in [5, 5.41) is 3.63. The molecule has 0 saturated heterocycles. The van der Waals surface area contributed by atoms with Crippen molar-refractivity contribution in [2.45, 2.75) is 6.42 Å². The first-order valence-electron chi connectivity index (χ1n) is 5.46. The van der Waals surface area contributed by atoms with E-state index in [0.717, 1.165) is 5.69 Å². The molecule has 0 heterocycles. The Kier molecular flexibility index (Phi) is 5.37. The van der Waals surface area contributed by atoms with E-state index in [1.165, 1.54) is 0 Å². The second-order valence-electron chi connectivity index (χ2n) is 3.99. The molecule has 98 valence electrons. The molecule has 0 fully saturated rings. The topological polar surface area (TPSA) is 58.4 Å². The molecule has 4 nitrogen and oxygen atoms in total. The van der Waals surface area contributed by atoms with Gasteiger partial charge in [-0.1, -0.05) is 29.9 Å². The number of amides is 1. The van der Waals surface area contributed by atoms with E-state index >= 15 is 0 Å². The number of anilines is 1. The van der Waals surface area contributed by atoms with Crippen molar-refractivity contribution in [2.75, 3.05) is 26.0 Å². The van der Waals surface area contributed by atoms with E-state index in [1.807, 2.05) is 6.07 Å². The van der Waals surface area contributed by atoms with Gasteiger partial charge in [0.25, 0.3) is 0 Å². The number of hydrogen-bond acceptors (Lipinski definition) is 3. The maximum Gasteiger partial charge on any atom is 0.223 e. The molecule has 0 aliphatic carbocycles. The average Bonchev–Trinajstić information content (AvgIpc) is 2.28. The second-order valence-corrected chi connectivity index (χ2v) is 4.84. The predicted octanol–water partition coefficient (Wildman–Crippen LogP) is 1.86. The van der Waals surface area contributed by atoms with Crippen molar-refractivity contribution in [1.82, 2.24) is 4.90 Å². The zero-order valence-electron chi connectivity index (χ0n) is 10.4. The Labute approximate surface area is 117 Å². The Hall–Kier alpha value is -1.33. The lowest BCUT2D eigenvalue weighted by Crippen LogP contribution is -2.24. The fraction of sp³-hybridized carbons (Fsp3) is 0.333. The fourth-order valence-electron chi connectivity index (χ4n) is 1.45. The summed E-state index contributed by atoms with van der Waals surface area (Å²) in [6.07, 6.45) is 0.399. The number of nitrogens with one attached hydrogen (secondary N) is 1. The molecule has 0 radical (unpaired) electrons. The maximum absolute atomic E-state index is 11.4. The zero-order valence-corrected chi connectivity index (χ0v) is 11.9. The Balaban J connectivity index is 2.71. The van der Waals surface area contributed by atoms with E-state index in [9.17, 15) is 4.79 Å². The van der Waals surface area contributed by atoms with Crippen molar-refractivity contribution in [3.63, 3.8) is 0 Å². The molecule has 18 heavy (non-hydrogen) atoms. The van der Waals surface area contributed by atoms with Gasteiger partial charge in [-0.25, -0.2) is 0 Å². The molecule has 0 aliphatic rings. The van der Waals surface area contributed by atoms with Crippen LogP contribution in [0.5, 0.6) is 0 Å². The molecule has 0 aliphatic heterocycles. The molecule has 0 unspecified atom stereocenters. The highest BCUT2D eigenvalue weighted by molar-refractivity contribution is 7.80. The Morgan fingerprint density at radius 3 is 2.72 bits per heavy atom. The summed E-state index contributed by atoms with van der Waals surface area (Å²) in [4.78, 5) is 13.2. The minimum absolute atomic E-state index is 0.0569. The first-order chi connectivity index (χ1) is 8.43. The van der Waals surface area contributed by atoms with Crippen LogP contribution in [0.3, 0.4) is 0 Å². The monoisotopic (exact) mass is 285 g/mol. The van der Waals surface area contributed by atoms with Gasteiger partial charge in [-0.05, 0) is 12.1 Å². The van der Waals surface area contributed by atoms with Crippen LogP contribution in [0.4, 0.5) is 5.69 Å². The van der Waals surface area contributed by atoms with Crippen LogP contribution >= 0.6 is 23.8 Å². The van der Waals surface area contributed by atoms with Gasteiger partial charge in [0, 0.05) is 32.7 Å². The normalized spacial score (nSPS) is 9.94. The van der Waals surface area contributed by atoms with E-state index in [2.05, 4.69) is 5.32 Å². The minimum Gasteiger partial charge on any atom is -0.389 e. The van der Waals surface area contributed by atoms with Crippen molar-refractivity contribution >= 4 is 40.4 Å². The SMILES string of the molecule is CN(C)C(=O)CCNc1cccc(Cl)c1C(N)=S. The largest absolute Gasteiger partial charge is 0.389 e. The summed E-state index contributed by atoms with van der Waals surface area (Å²) in [7, 11) is 3.45. The number of nitrogens with zero attached hydrogens (tertiary/aromatic N) is 1. The van der Waals surface area contributed by atoms with Gasteiger partial charge in [-0.3, -0.25) is 4.79 Å². The highest BCUT2D eigenvalue weighted by atomic mass is 35.5. The number of halogens is 1. The molecule has 1 aromatic rings. The van der Waals surface area contributed by atoms with Gasteiger partial charge >= 0.3 is 0 Å². The van der Waals surface area contributed by atoms with Crippen LogP contribution in [0.15, 0.2) is 18.2 Å². The lowest BCUT2D eigenvalue weighted by Gasteiger charge is -2.14. The predicted molar refractivity (Wildman–Crippen MR) is 79.1 cm³/mol. The number of nitrogens with two attached hydrogens (primary N) is 1. The van der Waals surface area contributed by atoms with E-state index in [-0.39, 0.29) is 10.9 Å². The standard InChI is InChI=1S/C12H16ClN3OS/c1-16(2)10(17)6-7-15-9-5-3-4-8(13)11(9)12(14)18/h3-5,15H,6-7H2,1-2H3,(H2,14,18). The van der Waals surface area contributed by atoms with Gasteiger partial charge < -0.3 is 16.0 Å². The van der Waals surface area contributed by atoms with E-state index in [0.29, 0.717) is 23.6 Å². The third kappa shape index (κ3) is 3.85. The lowest BCUT2D eigenvalue weighted by atomic mass is 10.1. The van der Waals surface area contributed by atoms with Gasteiger partial charge in [0.2, 0.25) is 5.91 Å². The minimum atomic E-state index is 0.0569. The third-order valence-corrected chi connectivity index (χ3v) is 2.93. The Morgan fingerprint density at radius 1 is 1.50 bits per heavy atom. The zero-order chi connectivity index (χ0) is 13.7. The maximum atomic E-state index is 11.4. The van der Waals surface area contributed by atoms with Crippen molar-refractivity contribution in [3.05, 3.63) is 28.8 Å². The first kappa shape index (κ1) is 14.7. The van der Waals surface area contributed by atoms with Gasteiger partial charge in [0.05, 0.1) is 10.6 Å². The van der Waals surface area contributed by atoms with E-state index in [1.54, 1.807) is 31.1 Å². The van der Waals surface area contributed by atoms with Crippen molar-refractivity contribution in [2.24, 2.45) is 5.73 Å². The number of carbonyl (C=O) groups is 1. The fourth-order valence-corrected chi connectivity index (χ4v) is 2.00. The molecule has 0 spiro atoms. The third-order valence-electron chi connectivity index (χ3n) is 2.41. The summed E-state index contributed by atoms with van der Waals surface area (Å²) in [6, 6.07) is 5.37. The smallest absolute Gasteiger partial charge is 0.223 e. The van der Waals surface area contributed by atoms with Crippen LogP contribution in [0, 0.1) is 0 Å². The van der Waals surface area contributed by atoms with Crippen LogP contribution in [0.1, 0.15) is 12.0 Å². The van der Waals surface area contributed by atoms with E-state index < -0.39 is 0 Å². The van der Waals surface area contributed by atoms with Gasteiger partial charge in [0.1, 0.15) is 4.99 Å². The summed E-state index contributed by atoms with van der Waals surface area (Å²) in [5.41, 5.74) is 7.00. The van der Waals surface area contributed by atoms with Crippen molar-refractivity contribution in [3.8, 4) is 0 Å². The molecule has 3 N–H and O–H groups in total. The molecule has 6 heteroatoms. The van der Waals surface area contributed by atoms with Gasteiger partial charge in [-0.2, -0.15) is 0 Å². The molecule has 1 rings (SSSR count). The summed E-state index contributed by atoms with van der Waals surface area (Å²) in [5.74, 6) is 0.0569. The molecule has 0 saturated carbocycles. The van der Waals surface area contributed by atoms with Crippen LogP contribution in [0.2, 0.25) is 5.02 Å². The Bertz CT molecular complexity index is 463. The second kappa shape index (κ2) is 6.56. The number of thiocarbonyl (C=S) groups is 1. The average molecular weight is 286 g/mol. The molecular formula is C12H16ClN3OS. The summed E-state index contributed by atoms with van der Waals surface area (Å²) < 4.78 is 0. The van der Waals surface area contributed by atoms with Crippen LogP contribution < -0.4 is 11.1 Å². The molecule has 1 aromatic carbocycles. The number of carbonyl (C=O) groups excluding carboxylic acids is 1. The van der Waals surface area contributed by atoms with Gasteiger partial charge in [-0.15, -0.1) is 0 Å². The quantitative estimate of drug-likeness (QED) is 0.811. The van der Waals surface area contributed by atoms with Crippen molar-refractivity contribution in [1.29, 1.82) is 0 Å². The first-order valence-corrected chi connectivity index (χ1v) is 6.24. The molecule has 0 aromatic heterocycles. The van der Waals surface area contributed by atoms with E-state index in [4.69, 9.17) is 29.6 Å². The molecule has 0 atom stereocenters. The van der Waals surface area contributed by atoms with Crippen LogP contribution in [-0.2, 0) is 4.79 Å². The highest BCUT2D eigenvalue weighted by Gasteiger charge is 2.10. The van der Waals surface area contributed by atoms with Crippen molar-refractivity contribution < 1.29 is 4.79 Å². The molecular weight excluding hydrogens is 270 g/mol. The molecule has 0 bridgehead atoms. The van der Waals surface area contributed by atoms with Crippen LogP contribution in [-0.4, -0.2) is 36.4 Å². The number of rotatable bonds is 5.